The van der Waals surface area contributed by atoms with E-state index in [9.17, 15) is 18.8 Å². The molecule has 1 aromatic carbocycles. The number of carbonyl (C=O) groups excluding carboxylic acids is 3. The monoisotopic (exact) mass is 645 g/mol. The zero-order valence-electron chi connectivity index (χ0n) is 25.5. The summed E-state index contributed by atoms with van der Waals surface area (Å²) in [7, 11) is 2.65. The molecule has 0 aliphatic carbocycles. The molecule has 2 fully saturated rings. The minimum absolute atomic E-state index is 0.105. The van der Waals surface area contributed by atoms with Crippen molar-refractivity contribution in [1.29, 1.82) is 0 Å². The van der Waals surface area contributed by atoms with E-state index < -0.39 is 41.4 Å². The summed E-state index contributed by atoms with van der Waals surface area (Å²) in [5.74, 6) is -1.54. The number of thiazole rings is 1. The molecule has 3 aliphatic rings. The SMILES string of the molecule is COC(=O)C1=C(CN2CCN3C(=O)N(C(C)(C)C)CC3C2C(=O)OC)CCCC(c2nccs2)=NC1c1ccc(F)cc1Cl. The van der Waals surface area contributed by atoms with Gasteiger partial charge in [-0.3, -0.25) is 14.7 Å². The molecule has 3 atom stereocenters. The summed E-state index contributed by atoms with van der Waals surface area (Å²) in [6.07, 6.45) is 3.47. The molecule has 5 rings (SSSR count). The number of ether oxygens (including phenoxy) is 2. The molecule has 3 unspecified atom stereocenters. The highest BCUT2D eigenvalue weighted by Crippen LogP contribution is 2.39. The number of nitrogens with zero attached hydrogens (tertiary/aromatic N) is 5. The lowest BCUT2D eigenvalue weighted by Gasteiger charge is -2.42. The number of aromatic nitrogens is 1. The summed E-state index contributed by atoms with van der Waals surface area (Å²) in [5.41, 5.74) is 1.79. The molecule has 0 radical (unpaired) electrons. The number of methoxy groups -OCH3 is 2. The van der Waals surface area contributed by atoms with Gasteiger partial charge in [-0.25, -0.2) is 19.0 Å². The van der Waals surface area contributed by atoms with Crippen molar-refractivity contribution in [2.45, 2.75) is 63.7 Å². The zero-order valence-corrected chi connectivity index (χ0v) is 27.1. The van der Waals surface area contributed by atoms with E-state index in [-0.39, 0.29) is 17.6 Å². The number of hydrogen-bond acceptors (Lipinski definition) is 9. The van der Waals surface area contributed by atoms with Crippen molar-refractivity contribution in [1.82, 2.24) is 19.7 Å². The van der Waals surface area contributed by atoms with Gasteiger partial charge in [-0.05, 0) is 57.7 Å². The topological polar surface area (TPSA) is 105 Å². The van der Waals surface area contributed by atoms with E-state index in [2.05, 4.69) is 4.98 Å². The van der Waals surface area contributed by atoms with E-state index >= 15 is 0 Å². The molecule has 2 saturated heterocycles. The highest BCUT2D eigenvalue weighted by atomic mass is 35.5. The van der Waals surface area contributed by atoms with Crippen molar-refractivity contribution in [3.63, 3.8) is 0 Å². The Labute approximate surface area is 265 Å². The first-order valence-electron chi connectivity index (χ1n) is 14.6. The maximum Gasteiger partial charge on any atom is 0.336 e. The van der Waals surface area contributed by atoms with Gasteiger partial charge in [0.1, 0.15) is 22.9 Å². The number of fused-ring (bicyclic) bond motifs is 1. The van der Waals surface area contributed by atoms with Crippen molar-refractivity contribution in [2.24, 2.45) is 4.99 Å². The average molecular weight is 646 g/mol. The Morgan fingerprint density at radius 2 is 1.93 bits per heavy atom. The summed E-state index contributed by atoms with van der Waals surface area (Å²) >= 11 is 8.03. The number of hydrogen-bond donors (Lipinski definition) is 0. The van der Waals surface area contributed by atoms with Crippen molar-refractivity contribution in [3.05, 3.63) is 62.3 Å². The Balaban J connectivity index is 1.61. The Kier molecular flexibility index (Phi) is 9.43. The van der Waals surface area contributed by atoms with Gasteiger partial charge in [0.05, 0.1) is 31.5 Å². The first-order valence-corrected chi connectivity index (χ1v) is 15.8. The van der Waals surface area contributed by atoms with Crippen LogP contribution in [0.1, 0.15) is 56.6 Å². The molecule has 10 nitrogen and oxygen atoms in total. The molecule has 2 amide bonds. The highest BCUT2D eigenvalue weighted by molar-refractivity contribution is 7.11. The number of piperazine rings is 1. The van der Waals surface area contributed by atoms with Gasteiger partial charge in [-0.2, -0.15) is 0 Å². The third-order valence-corrected chi connectivity index (χ3v) is 9.60. The number of halogens is 2. The Morgan fingerprint density at radius 1 is 1.16 bits per heavy atom. The summed E-state index contributed by atoms with van der Waals surface area (Å²) in [5, 5.41) is 2.73. The predicted octanol–water partition coefficient (Wildman–Crippen LogP) is 4.88. The Hall–Kier alpha value is -3.35. The molecule has 44 heavy (non-hydrogen) atoms. The van der Waals surface area contributed by atoms with Gasteiger partial charge in [0.15, 0.2) is 0 Å². The number of benzene rings is 1. The molecule has 3 aliphatic heterocycles. The summed E-state index contributed by atoms with van der Waals surface area (Å²) < 4.78 is 24.7. The van der Waals surface area contributed by atoms with Gasteiger partial charge in [0.2, 0.25) is 0 Å². The fraction of sp³-hybridized carbons (Fsp3) is 0.516. The fourth-order valence-electron chi connectivity index (χ4n) is 6.31. The number of urea groups is 1. The first-order chi connectivity index (χ1) is 20.9. The standard InChI is InChI=1S/C31H37ClFN5O5S/c1-31(2,3)38-17-23-26(29(40)43-5)36(12-13-37(23)30(38)41)16-18-7-6-8-22(27-34-11-14-44-27)35-25(24(18)28(39)42-4)20-10-9-19(33)15-21(20)32/h9-11,14-15,23,25-26H,6-8,12-13,16-17H2,1-5H3. The number of esters is 2. The summed E-state index contributed by atoms with van der Waals surface area (Å²) in [6.45, 7) is 7.34. The van der Waals surface area contributed by atoms with Crippen LogP contribution in [0.15, 0.2) is 45.9 Å². The largest absolute Gasteiger partial charge is 0.468 e. The molecular weight excluding hydrogens is 609 g/mol. The molecule has 13 heteroatoms. The molecule has 4 heterocycles. The van der Waals surface area contributed by atoms with Crippen LogP contribution in [0.2, 0.25) is 5.02 Å². The van der Waals surface area contributed by atoms with E-state index in [1.807, 2.05) is 31.1 Å². The first kappa shape index (κ1) is 32.1. The lowest BCUT2D eigenvalue weighted by atomic mass is 9.89. The number of rotatable bonds is 6. The average Bonchev–Trinajstić information content (AvgIpc) is 3.62. The van der Waals surface area contributed by atoms with Crippen molar-refractivity contribution in [2.75, 3.05) is 40.4 Å². The van der Waals surface area contributed by atoms with Gasteiger partial charge in [0, 0.05) is 53.9 Å². The molecule has 2 aromatic rings. The lowest BCUT2D eigenvalue weighted by Crippen LogP contribution is -2.62. The molecule has 0 N–H and O–H groups in total. The second kappa shape index (κ2) is 12.9. The predicted molar refractivity (Wildman–Crippen MR) is 165 cm³/mol. The van der Waals surface area contributed by atoms with Crippen molar-refractivity contribution < 1.29 is 28.2 Å². The van der Waals surface area contributed by atoms with Crippen LogP contribution in [0.4, 0.5) is 9.18 Å². The number of aliphatic imine (C=N–C) groups is 1. The van der Waals surface area contributed by atoms with Gasteiger partial charge < -0.3 is 19.3 Å². The van der Waals surface area contributed by atoms with E-state index in [1.165, 1.54) is 43.8 Å². The maximum atomic E-state index is 14.1. The van der Waals surface area contributed by atoms with Crippen LogP contribution >= 0.6 is 22.9 Å². The second-order valence-corrected chi connectivity index (χ2v) is 13.4. The summed E-state index contributed by atoms with van der Waals surface area (Å²) in [4.78, 5) is 55.3. The maximum absolute atomic E-state index is 14.1. The Morgan fingerprint density at radius 3 is 2.57 bits per heavy atom. The summed E-state index contributed by atoms with van der Waals surface area (Å²) in [6, 6.07) is 1.86. The number of amides is 2. The minimum Gasteiger partial charge on any atom is -0.468 e. The third kappa shape index (κ3) is 6.25. The van der Waals surface area contributed by atoms with Crippen LogP contribution in [-0.4, -0.2) is 101 Å². The van der Waals surface area contributed by atoms with Crippen LogP contribution in [0.5, 0.6) is 0 Å². The third-order valence-electron chi connectivity index (χ3n) is 8.45. The van der Waals surface area contributed by atoms with Crippen LogP contribution in [0.3, 0.4) is 0 Å². The van der Waals surface area contributed by atoms with E-state index in [0.717, 1.165) is 16.3 Å². The van der Waals surface area contributed by atoms with Crippen molar-refractivity contribution >= 4 is 46.6 Å². The van der Waals surface area contributed by atoms with E-state index in [1.54, 1.807) is 16.0 Å². The molecule has 236 valence electrons. The molecule has 0 saturated carbocycles. The number of carbonyl (C=O) groups is 3. The van der Waals surface area contributed by atoms with Gasteiger partial charge >= 0.3 is 18.0 Å². The van der Waals surface area contributed by atoms with Crippen LogP contribution < -0.4 is 0 Å². The quantitative estimate of drug-likeness (QED) is 0.413. The fourth-order valence-corrected chi connectivity index (χ4v) is 7.24. The second-order valence-electron chi connectivity index (χ2n) is 12.1. The van der Waals surface area contributed by atoms with Crippen LogP contribution in [-0.2, 0) is 19.1 Å². The highest BCUT2D eigenvalue weighted by Gasteiger charge is 2.52. The zero-order chi connectivity index (χ0) is 31.8. The van der Waals surface area contributed by atoms with E-state index in [0.29, 0.717) is 50.0 Å². The van der Waals surface area contributed by atoms with Crippen LogP contribution in [0, 0.1) is 5.82 Å². The Bertz CT molecular complexity index is 1490. The lowest BCUT2D eigenvalue weighted by molar-refractivity contribution is -0.150. The van der Waals surface area contributed by atoms with E-state index in [4.69, 9.17) is 26.1 Å². The molecular formula is C31H37ClFN5O5S. The van der Waals surface area contributed by atoms with Crippen LogP contribution in [0.25, 0.3) is 0 Å². The van der Waals surface area contributed by atoms with Crippen molar-refractivity contribution in [3.8, 4) is 0 Å². The molecule has 1 aromatic heterocycles. The molecule has 0 bridgehead atoms. The molecule has 0 spiro atoms. The van der Waals surface area contributed by atoms with Gasteiger partial charge in [0.25, 0.3) is 0 Å². The smallest absolute Gasteiger partial charge is 0.336 e. The normalized spacial score (nSPS) is 23.2. The van der Waals surface area contributed by atoms with Gasteiger partial charge in [-0.1, -0.05) is 17.7 Å². The van der Waals surface area contributed by atoms with Gasteiger partial charge in [-0.15, -0.1) is 11.3 Å². The minimum atomic E-state index is -0.896.